The smallest absolute Gasteiger partial charge is 0.407 e. The number of alkyl carbamates (subject to hydrolysis) is 1. The molecule has 0 spiro atoms. The van der Waals surface area contributed by atoms with Crippen molar-refractivity contribution in [3.05, 3.63) is 35.9 Å². The van der Waals surface area contributed by atoms with E-state index in [4.69, 9.17) is 14.2 Å². The standard InChI is InChI=1S/C16H21NO5/c1-2-21-15(18)13-11-20-9-8-14(13)17-16(19)22-10-12-6-4-3-5-7-12/h3-7,13-14H,2,8-11H2,1H3,(H,17,19). The summed E-state index contributed by atoms with van der Waals surface area (Å²) < 4.78 is 15.5. The van der Waals surface area contributed by atoms with Gasteiger partial charge in [0.05, 0.1) is 13.2 Å². The van der Waals surface area contributed by atoms with Gasteiger partial charge in [-0.05, 0) is 18.9 Å². The normalized spacial score (nSPS) is 21.0. The third-order valence-corrected chi connectivity index (χ3v) is 3.46. The van der Waals surface area contributed by atoms with Gasteiger partial charge in [0.2, 0.25) is 0 Å². The van der Waals surface area contributed by atoms with Gasteiger partial charge in [0.25, 0.3) is 0 Å². The van der Waals surface area contributed by atoms with Crippen molar-refractivity contribution < 1.29 is 23.8 Å². The van der Waals surface area contributed by atoms with Gasteiger partial charge in [-0.3, -0.25) is 4.79 Å². The molecule has 1 fully saturated rings. The summed E-state index contributed by atoms with van der Waals surface area (Å²) in [4.78, 5) is 23.8. The van der Waals surface area contributed by atoms with E-state index < -0.39 is 12.0 Å². The lowest BCUT2D eigenvalue weighted by molar-refractivity contribution is -0.153. The summed E-state index contributed by atoms with van der Waals surface area (Å²) in [5.74, 6) is -0.839. The maximum absolute atomic E-state index is 11.9. The number of hydrogen-bond acceptors (Lipinski definition) is 5. The highest BCUT2D eigenvalue weighted by Gasteiger charge is 2.34. The topological polar surface area (TPSA) is 73.9 Å². The highest BCUT2D eigenvalue weighted by atomic mass is 16.6. The van der Waals surface area contributed by atoms with Crippen LogP contribution in [0.15, 0.2) is 30.3 Å². The molecule has 0 radical (unpaired) electrons. The lowest BCUT2D eigenvalue weighted by Gasteiger charge is -2.30. The molecule has 0 aliphatic carbocycles. The first-order valence-electron chi connectivity index (χ1n) is 7.42. The first-order chi connectivity index (χ1) is 10.7. The maximum Gasteiger partial charge on any atom is 0.407 e. The average molecular weight is 307 g/mol. The number of carbonyl (C=O) groups excluding carboxylic acids is 2. The summed E-state index contributed by atoms with van der Waals surface area (Å²) in [5, 5.41) is 2.74. The molecule has 2 rings (SSSR count). The molecule has 2 atom stereocenters. The van der Waals surface area contributed by atoms with Crippen molar-refractivity contribution in [3.8, 4) is 0 Å². The van der Waals surface area contributed by atoms with Crippen LogP contribution in [0.1, 0.15) is 18.9 Å². The molecular weight excluding hydrogens is 286 g/mol. The molecule has 2 unspecified atom stereocenters. The summed E-state index contributed by atoms with van der Waals surface area (Å²) in [5.41, 5.74) is 0.909. The lowest BCUT2D eigenvalue weighted by Crippen LogP contribution is -2.49. The van der Waals surface area contributed by atoms with Crippen molar-refractivity contribution in [1.82, 2.24) is 5.32 Å². The summed E-state index contributed by atoms with van der Waals surface area (Å²) in [6.45, 7) is 3.00. The van der Waals surface area contributed by atoms with E-state index >= 15 is 0 Å². The Hall–Kier alpha value is -2.08. The zero-order valence-corrected chi connectivity index (χ0v) is 12.6. The van der Waals surface area contributed by atoms with E-state index in [9.17, 15) is 9.59 Å². The molecule has 120 valence electrons. The maximum atomic E-state index is 11.9. The molecule has 6 nitrogen and oxygen atoms in total. The van der Waals surface area contributed by atoms with Gasteiger partial charge in [-0.15, -0.1) is 0 Å². The zero-order chi connectivity index (χ0) is 15.8. The minimum absolute atomic E-state index is 0.194. The summed E-state index contributed by atoms with van der Waals surface area (Å²) >= 11 is 0. The Morgan fingerprint density at radius 2 is 2.05 bits per heavy atom. The number of hydrogen-bond donors (Lipinski definition) is 1. The molecule has 1 heterocycles. The van der Waals surface area contributed by atoms with Crippen LogP contribution in [-0.4, -0.2) is 37.9 Å². The Labute approximate surface area is 129 Å². The molecular formula is C16H21NO5. The van der Waals surface area contributed by atoms with Crippen LogP contribution in [0.2, 0.25) is 0 Å². The first kappa shape index (κ1) is 16.3. The van der Waals surface area contributed by atoms with E-state index in [2.05, 4.69) is 5.32 Å². The molecule has 1 aromatic carbocycles. The number of carbonyl (C=O) groups is 2. The average Bonchev–Trinajstić information content (AvgIpc) is 2.54. The number of nitrogens with one attached hydrogen (secondary N) is 1. The summed E-state index contributed by atoms with van der Waals surface area (Å²) in [7, 11) is 0. The number of benzene rings is 1. The van der Waals surface area contributed by atoms with E-state index in [1.54, 1.807) is 6.92 Å². The van der Waals surface area contributed by atoms with Crippen LogP contribution in [0.25, 0.3) is 0 Å². The van der Waals surface area contributed by atoms with Crippen molar-refractivity contribution in [1.29, 1.82) is 0 Å². The second-order valence-electron chi connectivity index (χ2n) is 5.03. The molecule has 1 N–H and O–H groups in total. The molecule has 0 aromatic heterocycles. The molecule has 0 bridgehead atoms. The third-order valence-electron chi connectivity index (χ3n) is 3.46. The third kappa shape index (κ3) is 4.73. The van der Waals surface area contributed by atoms with E-state index in [1.807, 2.05) is 30.3 Å². The minimum Gasteiger partial charge on any atom is -0.466 e. The van der Waals surface area contributed by atoms with Crippen molar-refractivity contribution in [2.24, 2.45) is 5.92 Å². The van der Waals surface area contributed by atoms with E-state index in [-0.39, 0.29) is 25.2 Å². The molecule has 1 saturated heterocycles. The molecule has 1 aliphatic heterocycles. The van der Waals surface area contributed by atoms with Gasteiger partial charge in [-0.2, -0.15) is 0 Å². The van der Waals surface area contributed by atoms with Crippen molar-refractivity contribution in [2.45, 2.75) is 26.0 Å². The van der Waals surface area contributed by atoms with Crippen LogP contribution in [0, 0.1) is 5.92 Å². The quantitative estimate of drug-likeness (QED) is 0.841. The highest BCUT2D eigenvalue weighted by Crippen LogP contribution is 2.17. The van der Waals surface area contributed by atoms with Gasteiger partial charge in [0.1, 0.15) is 12.5 Å². The van der Waals surface area contributed by atoms with Crippen molar-refractivity contribution in [3.63, 3.8) is 0 Å². The van der Waals surface area contributed by atoms with Crippen LogP contribution >= 0.6 is 0 Å². The fourth-order valence-corrected chi connectivity index (χ4v) is 2.31. The van der Waals surface area contributed by atoms with Gasteiger partial charge in [-0.1, -0.05) is 30.3 Å². The number of ether oxygens (including phenoxy) is 3. The molecule has 6 heteroatoms. The van der Waals surface area contributed by atoms with Crippen LogP contribution in [0.5, 0.6) is 0 Å². The van der Waals surface area contributed by atoms with Gasteiger partial charge in [0, 0.05) is 12.6 Å². The fraction of sp³-hybridized carbons (Fsp3) is 0.500. The molecule has 22 heavy (non-hydrogen) atoms. The van der Waals surface area contributed by atoms with Gasteiger partial charge in [0.15, 0.2) is 0 Å². The van der Waals surface area contributed by atoms with Crippen LogP contribution in [0.4, 0.5) is 4.79 Å². The SMILES string of the molecule is CCOC(=O)C1COCCC1NC(=O)OCc1ccccc1. The number of amides is 1. The Bertz CT molecular complexity index is 491. The lowest BCUT2D eigenvalue weighted by atomic mass is 9.96. The van der Waals surface area contributed by atoms with E-state index in [0.717, 1.165) is 5.56 Å². The van der Waals surface area contributed by atoms with Gasteiger partial charge in [-0.25, -0.2) is 4.79 Å². The number of esters is 1. The first-order valence-corrected chi connectivity index (χ1v) is 7.42. The van der Waals surface area contributed by atoms with E-state index in [1.165, 1.54) is 0 Å². The van der Waals surface area contributed by atoms with E-state index in [0.29, 0.717) is 19.6 Å². The summed E-state index contributed by atoms with van der Waals surface area (Å²) in [6.07, 6.45) is 0.0225. The minimum atomic E-state index is -0.537. The Balaban J connectivity index is 1.84. The molecule has 1 aliphatic rings. The Morgan fingerprint density at radius 1 is 1.27 bits per heavy atom. The molecule has 1 amide bonds. The predicted molar refractivity (Wildman–Crippen MR) is 79.1 cm³/mol. The number of rotatable bonds is 5. The Morgan fingerprint density at radius 3 is 2.77 bits per heavy atom. The molecule has 1 aromatic rings. The zero-order valence-electron chi connectivity index (χ0n) is 12.6. The van der Waals surface area contributed by atoms with Crippen LogP contribution in [0.3, 0.4) is 0 Å². The van der Waals surface area contributed by atoms with Crippen LogP contribution < -0.4 is 5.32 Å². The van der Waals surface area contributed by atoms with Gasteiger partial charge < -0.3 is 19.5 Å². The highest BCUT2D eigenvalue weighted by molar-refractivity contribution is 5.75. The monoisotopic (exact) mass is 307 g/mol. The van der Waals surface area contributed by atoms with Crippen LogP contribution in [-0.2, 0) is 25.6 Å². The van der Waals surface area contributed by atoms with Gasteiger partial charge >= 0.3 is 12.1 Å². The predicted octanol–water partition coefficient (Wildman–Crippen LogP) is 1.88. The van der Waals surface area contributed by atoms with Crippen molar-refractivity contribution >= 4 is 12.1 Å². The molecule has 0 saturated carbocycles. The second kappa shape index (κ2) is 8.38. The summed E-state index contributed by atoms with van der Waals surface area (Å²) in [6, 6.07) is 9.09. The fourth-order valence-electron chi connectivity index (χ4n) is 2.31. The van der Waals surface area contributed by atoms with Crippen molar-refractivity contribution in [2.75, 3.05) is 19.8 Å². The second-order valence-corrected chi connectivity index (χ2v) is 5.03. The Kier molecular flexibility index (Phi) is 6.21. The largest absolute Gasteiger partial charge is 0.466 e.